The Balaban J connectivity index is 1.25. The second-order valence-electron chi connectivity index (χ2n) is 12.1. The summed E-state index contributed by atoms with van der Waals surface area (Å²) in [5.74, 6) is 1.72. The number of benzene rings is 8. The van der Waals surface area contributed by atoms with Gasteiger partial charge in [0, 0.05) is 11.1 Å². The first-order valence-corrected chi connectivity index (χ1v) is 19.9. The SMILES string of the molecule is c1ccc(P(COc2ccc3ccccc3c2-c2c(OCP(c3ccccc3)c3ccccc3)ccc3ccccc23)c2ccccc2)cc1. The van der Waals surface area contributed by atoms with Crippen LogP contribution in [0.25, 0.3) is 32.7 Å². The molecule has 8 rings (SSSR count). The lowest BCUT2D eigenvalue weighted by atomic mass is 9.92. The quantitative estimate of drug-likeness (QED) is 0.126. The van der Waals surface area contributed by atoms with Gasteiger partial charge in [0.2, 0.25) is 0 Å². The van der Waals surface area contributed by atoms with E-state index in [9.17, 15) is 0 Å². The summed E-state index contributed by atoms with van der Waals surface area (Å²) in [6.07, 6.45) is 1.12. The van der Waals surface area contributed by atoms with Crippen molar-refractivity contribution in [2.45, 2.75) is 0 Å². The van der Waals surface area contributed by atoms with E-state index in [1.807, 2.05) is 0 Å². The largest absolute Gasteiger partial charge is 0.488 e. The predicted molar refractivity (Wildman–Crippen MR) is 216 cm³/mol. The fourth-order valence-electron chi connectivity index (χ4n) is 6.56. The lowest BCUT2D eigenvalue weighted by molar-refractivity contribution is 0.386. The smallest absolute Gasteiger partial charge is 0.128 e. The Kier molecular flexibility index (Phi) is 9.66. The summed E-state index contributed by atoms with van der Waals surface area (Å²) in [5.41, 5.74) is 2.13. The Morgan fingerprint density at radius 1 is 0.300 bits per heavy atom. The van der Waals surface area contributed by atoms with E-state index in [1.54, 1.807) is 0 Å². The molecule has 242 valence electrons. The average molecular weight is 683 g/mol. The normalized spacial score (nSPS) is 11.3. The standard InChI is InChI=1S/C46H36O2P2/c1-5-19-37(20-6-1)49(38-21-7-2-8-22-38)33-47-43-31-29-35-17-13-15-27-41(35)45(43)46-42-28-16-14-18-36(42)30-32-44(46)48-34-50(39-23-9-3-10-24-39)40-25-11-4-12-26-40/h1-32H,33-34H2. The van der Waals surface area contributed by atoms with Crippen molar-refractivity contribution in [1.29, 1.82) is 0 Å². The van der Waals surface area contributed by atoms with E-state index in [0.29, 0.717) is 12.7 Å². The van der Waals surface area contributed by atoms with Gasteiger partial charge in [-0.1, -0.05) is 182 Å². The summed E-state index contributed by atoms with van der Waals surface area (Å²) in [7, 11) is -1.52. The Morgan fingerprint density at radius 3 is 0.940 bits per heavy atom. The van der Waals surface area contributed by atoms with Gasteiger partial charge in [0.25, 0.3) is 0 Å². The molecule has 0 heterocycles. The molecule has 4 heteroatoms. The molecule has 0 radical (unpaired) electrons. The van der Waals surface area contributed by atoms with Gasteiger partial charge in [-0.15, -0.1) is 0 Å². The van der Waals surface area contributed by atoms with Crippen molar-refractivity contribution in [3.8, 4) is 22.6 Å². The maximum Gasteiger partial charge on any atom is 0.128 e. The van der Waals surface area contributed by atoms with Crippen molar-refractivity contribution in [2.75, 3.05) is 12.7 Å². The third-order valence-corrected chi connectivity index (χ3v) is 13.5. The molecule has 0 unspecified atom stereocenters. The number of hydrogen-bond acceptors (Lipinski definition) is 2. The van der Waals surface area contributed by atoms with Gasteiger partial charge in [-0.25, -0.2) is 0 Å². The highest BCUT2D eigenvalue weighted by Gasteiger charge is 2.23. The van der Waals surface area contributed by atoms with Crippen molar-refractivity contribution in [3.63, 3.8) is 0 Å². The highest BCUT2D eigenvalue weighted by atomic mass is 31.1. The van der Waals surface area contributed by atoms with Gasteiger partial charge in [0.05, 0.1) is 0 Å². The number of fused-ring (bicyclic) bond motifs is 2. The number of ether oxygens (including phenoxy) is 2. The third kappa shape index (κ3) is 6.79. The van der Waals surface area contributed by atoms with Gasteiger partial charge in [0.15, 0.2) is 0 Å². The van der Waals surface area contributed by atoms with Crippen molar-refractivity contribution < 1.29 is 9.47 Å². The fourth-order valence-corrected chi connectivity index (χ4v) is 10.4. The van der Waals surface area contributed by atoms with E-state index < -0.39 is 15.8 Å². The molecular weight excluding hydrogens is 646 g/mol. The Bertz CT molecular complexity index is 2080. The maximum absolute atomic E-state index is 7.02. The Labute approximate surface area is 296 Å². The van der Waals surface area contributed by atoms with E-state index in [2.05, 4.69) is 194 Å². The van der Waals surface area contributed by atoms with Gasteiger partial charge >= 0.3 is 0 Å². The van der Waals surface area contributed by atoms with Crippen LogP contribution < -0.4 is 30.7 Å². The topological polar surface area (TPSA) is 18.5 Å². The van der Waals surface area contributed by atoms with E-state index in [-0.39, 0.29) is 0 Å². The molecule has 0 aliphatic heterocycles. The minimum Gasteiger partial charge on any atom is -0.488 e. The highest BCUT2D eigenvalue weighted by molar-refractivity contribution is 7.73. The zero-order valence-electron chi connectivity index (χ0n) is 27.6. The lowest BCUT2D eigenvalue weighted by Crippen LogP contribution is -2.17. The minimum absolute atomic E-state index is 0.559. The van der Waals surface area contributed by atoms with Gasteiger partial charge in [0.1, 0.15) is 24.2 Å². The first-order valence-electron chi connectivity index (χ1n) is 16.9. The van der Waals surface area contributed by atoms with Gasteiger partial charge in [-0.05, 0) is 70.7 Å². The zero-order valence-corrected chi connectivity index (χ0v) is 29.4. The molecule has 0 saturated carbocycles. The molecule has 50 heavy (non-hydrogen) atoms. The molecule has 0 saturated heterocycles. The van der Waals surface area contributed by atoms with Crippen LogP contribution in [0.3, 0.4) is 0 Å². The van der Waals surface area contributed by atoms with E-state index in [1.165, 1.54) is 21.2 Å². The zero-order chi connectivity index (χ0) is 33.5. The van der Waals surface area contributed by atoms with E-state index in [4.69, 9.17) is 9.47 Å². The van der Waals surface area contributed by atoms with Crippen LogP contribution in [0.4, 0.5) is 0 Å². The molecule has 0 bridgehead atoms. The molecule has 2 nitrogen and oxygen atoms in total. The summed E-state index contributed by atoms with van der Waals surface area (Å²) in [6, 6.07) is 68.9. The van der Waals surface area contributed by atoms with Gasteiger partial charge in [-0.2, -0.15) is 0 Å². The Morgan fingerprint density at radius 2 is 0.600 bits per heavy atom. The summed E-state index contributed by atoms with van der Waals surface area (Å²) >= 11 is 0. The molecular formula is C46H36O2P2. The van der Waals surface area contributed by atoms with Crippen molar-refractivity contribution in [2.24, 2.45) is 0 Å². The second kappa shape index (κ2) is 15.1. The van der Waals surface area contributed by atoms with Crippen LogP contribution in [-0.2, 0) is 0 Å². The fraction of sp³-hybridized carbons (Fsp3) is 0.0435. The number of hydrogen-bond donors (Lipinski definition) is 0. The lowest BCUT2D eigenvalue weighted by Gasteiger charge is -2.24. The minimum atomic E-state index is -0.759. The first-order chi connectivity index (χ1) is 24.8. The molecule has 0 fully saturated rings. The van der Waals surface area contributed by atoms with Gasteiger partial charge in [-0.3, -0.25) is 0 Å². The monoisotopic (exact) mass is 682 g/mol. The summed E-state index contributed by atoms with van der Waals surface area (Å²) in [4.78, 5) is 0. The van der Waals surface area contributed by atoms with E-state index >= 15 is 0 Å². The highest BCUT2D eigenvalue weighted by Crippen LogP contribution is 2.47. The van der Waals surface area contributed by atoms with Gasteiger partial charge < -0.3 is 9.47 Å². The van der Waals surface area contributed by atoms with Crippen LogP contribution in [0.1, 0.15) is 0 Å². The van der Waals surface area contributed by atoms with Crippen LogP contribution in [0.5, 0.6) is 11.5 Å². The molecule has 0 aromatic heterocycles. The van der Waals surface area contributed by atoms with Crippen LogP contribution in [0.15, 0.2) is 194 Å². The molecule has 0 atom stereocenters. The van der Waals surface area contributed by atoms with Crippen molar-refractivity contribution in [3.05, 3.63) is 194 Å². The van der Waals surface area contributed by atoms with Crippen molar-refractivity contribution >= 4 is 58.6 Å². The Hall–Kier alpha value is -5.26. The molecule has 0 amide bonds. The first kappa shape index (κ1) is 32.0. The van der Waals surface area contributed by atoms with Crippen LogP contribution in [0.2, 0.25) is 0 Å². The number of rotatable bonds is 11. The molecule has 0 aliphatic carbocycles. The molecule has 0 spiro atoms. The van der Waals surface area contributed by atoms with Crippen molar-refractivity contribution in [1.82, 2.24) is 0 Å². The van der Waals surface area contributed by atoms with E-state index in [0.717, 1.165) is 44.2 Å². The molecule has 0 N–H and O–H groups in total. The summed E-state index contributed by atoms with van der Waals surface area (Å²) in [5, 5.41) is 9.78. The maximum atomic E-state index is 7.02. The third-order valence-electron chi connectivity index (χ3n) is 9.00. The van der Waals surface area contributed by atoms with Crippen LogP contribution in [-0.4, -0.2) is 12.7 Å². The predicted octanol–water partition coefficient (Wildman–Crippen LogP) is 10.6. The molecule has 8 aromatic rings. The average Bonchev–Trinajstić information content (AvgIpc) is 3.19. The van der Waals surface area contributed by atoms with Crippen LogP contribution in [0, 0.1) is 0 Å². The summed E-state index contributed by atoms with van der Waals surface area (Å²) in [6.45, 7) is 0. The summed E-state index contributed by atoms with van der Waals surface area (Å²) < 4.78 is 14.0. The molecule has 8 aromatic carbocycles. The van der Waals surface area contributed by atoms with Crippen LogP contribution >= 0.6 is 15.8 Å². The molecule has 0 aliphatic rings. The second-order valence-corrected chi connectivity index (χ2v) is 16.4.